The van der Waals surface area contributed by atoms with E-state index in [1.165, 1.54) is 7.11 Å². The van der Waals surface area contributed by atoms with Gasteiger partial charge in [0.15, 0.2) is 11.4 Å². The molecule has 0 spiro atoms. The van der Waals surface area contributed by atoms with Gasteiger partial charge in [-0.1, -0.05) is 0 Å². The molecule has 1 heterocycles. The van der Waals surface area contributed by atoms with Gasteiger partial charge in [0.2, 0.25) is 0 Å². The number of ether oxygens (including phenoxy) is 1. The van der Waals surface area contributed by atoms with Crippen molar-refractivity contribution in [1.82, 2.24) is 4.98 Å². The van der Waals surface area contributed by atoms with E-state index in [9.17, 15) is 13.6 Å². The first-order valence-electron chi connectivity index (χ1n) is 3.68. The van der Waals surface area contributed by atoms with Crippen LogP contribution in [0.15, 0.2) is 12.3 Å². The minimum atomic E-state index is -2.73. The molecule has 0 saturated carbocycles. The molecule has 0 saturated heterocycles. The fourth-order valence-electron chi connectivity index (χ4n) is 1.03. The van der Waals surface area contributed by atoms with Gasteiger partial charge in [0.25, 0.3) is 12.3 Å². The van der Waals surface area contributed by atoms with Gasteiger partial charge >= 0.3 is 0 Å². The maximum atomic E-state index is 12.4. The largest absolute Gasteiger partial charge is 0.494 e. The lowest BCUT2D eigenvalue weighted by molar-refractivity contribution is 0.0990. The number of hydrogen-bond acceptors (Lipinski definition) is 3. The first-order chi connectivity index (χ1) is 6.57. The molecule has 4 nitrogen and oxygen atoms in total. The van der Waals surface area contributed by atoms with Crippen LogP contribution in [0.2, 0.25) is 0 Å². The number of carbonyl (C=O) groups excluding carboxylic acids is 1. The molecule has 14 heavy (non-hydrogen) atoms. The zero-order chi connectivity index (χ0) is 10.7. The van der Waals surface area contributed by atoms with Crippen molar-refractivity contribution in [3.63, 3.8) is 0 Å². The lowest BCUT2D eigenvalue weighted by Crippen LogP contribution is -2.15. The van der Waals surface area contributed by atoms with Crippen molar-refractivity contribution >= 4 is 5.91 Å². The average Bonchev–Trinajstić information content (AvgIpc) is 2.16. The van der Waals surface area contributed by atoms with E-state index in [1.54, 1.807) is 0 Å². The van der Waals surface area contributed by atoms with E-state index < -0.39 is 17.9 Å². The number of alkyl halides is 2. The minimum Gasteiger partial charge on any atom is -0.494 e. The summed E-state index contributed by atoms with van der Waals surface area (Å²) in [4.78, 5) is 14.3. The molecule has 2 N–H and O–H groups in total. The van der Waals surface area contributed by atoms with Crippen molar-refractivity contribution in [3.05, 3.63) is 23.5 Å². The second-order valence-electron chi connectivity index (χ2n) is 2.45. The second-order valence-corrected chi connectivity index (χ2v) is 2.45. The molecule has 1 amide bonds. The lowest BCUT2D eigenvalue weighted by Gasteiger charge is -2.09. The summed E-state index contributed by atoms with van der Waals surface area (Å²) in [5.74, 6) is -1.17. The molecule has 0 radical (unpaired) electrons. The van der Waals surface area contributed by atoms with E-state index in [4.69, 9.17) is 5.73 Å². The van der Waals surface area contributed by atoms with Gasteiger partial charge in [-0.2, -0.15) is 0 Å². The summed E-state index contributed by atoms with van der Waals surface area (Å²) in [7, 11) is 1.18. The van der Waals surface area contributed by atoms with Crippen LogP contribution in [0.4, 0.5) is 8.78 Å². The van der Waals surface area contributed by atoms with Gasteiger partial charge in [0, 0.05) is 6.20 Å². The van der Waals surface area contributed by atoms with Crippen LogP contribution in [0.5, 0.6) is 5.75 Å². The molecule has 6 heteroatoms. The molecule has 1 aromatic heterocycles. The molecule has 0 unspecified atom stereocenters. The summed E-state index contributed by atoms with van der Waals surface area (Å²) in [6, 6.07) is 1.08. The average molecular weight is 202 g/mol. The van der Waals surface area contributed by atoms with Gasteiger partial charge in [-0.25, -0.2) is 13.8 Å². The minimum absolute atomic E-state index is 0.269. The Morgan fingerprint density at radius 1 is 1.64 bits per heavy atom. The van der Waals surface area contributed by atoms with Gasteiger partial charge < -0.3 is 10.5 Å². The van der Waals surface area contributed by atoms with Crippen molar-refractivity contribution in [2.24, 2.45) is 5.73 Å². The van der Waals surface area contributed by atoms with E-state index in [1.807, 2.05) is 0 Å². The Kier molecular flexibility index (Phi) is 2.95. The number of amides is 1. The SMILES string of the molecule is COc1c(C(F)F)ccnc1C(N)=O. The van der Waals surface area contributed by atoms with Crippen molar-refractivity contribution in [2.75, 3.05) is 7.11 Å². The van der Waals surface area contributed by atoms with E-state index >= 15 is 0 Å². The molecule has 0 aliphatic heterocycles. The fourth-order valence-corrected chi connectivity index (χ4v) is 1.03. The highest BCUT2D eigenvalue weighted by Gasteiger charge is 2.20. The zero-order valence-electron chi connectivity index (χ0n) is 7.33. The maximum absolute atomic E-state index is 12.4. The Bertz CT molecular complexity index is 355. The summed E-state index contributed by atoms with van der Waals surface area (Å²) in [5.41, 5.74) is 4.25. The molecule has 0 atom stereocenters. The molecular weight excluding hydrogens is 194 g/mol. The summed E-state index contributed by atoms with van der Waals surface area (Å²) >= 11 is 0. The highest BCUT2D eigenvalue weighted by atomic mass is 19.3. The number of nitrogens with two attached hydrogens (primary N) is 1. The second kappa shape index (κ2) is 3.99. The van der Waals surface area contributed by atoms with Crippen molar-refractivity contribution in [1.29, 1.82) is 0 Å². The molecule has 0 bridgehead atoms. The predicted octanol–water partition coefficient (Wildman–Crippen LogP) is 1.13. The Balaban J connectivity index is 3.32. The highest BCUT2D eigenvalue weighted by Crippen LogP contribution is 2.30. The number of aromatic nitrogens is 1. The van der Waals surface area contributed by atoms with Gasteiger partial charge in [-0.15, -0.1) is 0 Å². The number of carbonyl (C=O) groups is 1. The van der Waals surface area contributed by atoms with Crippen molar-refractivity contribution in [2.45, 2.75) is 6.43 Å². The molecule has 0 fully saturated rings. The molecule has 1 rings (SSSR count). The van der Waals surface area contributed by atoms with E-state index in [-0.39, 0.29) is 11.4 Å². The number of nitrogens with zero attached hydrogens (tertiary/aromatic N) is 1. The van der Waals surface area contributed by atoms with Crippen LogP contribution in [0, 0.1) is 0 Å². The Morgan fingerprint density at radius 2 is 2.29 bits per heavy atom. The van der Waals surface area contributed by atoms with Crippen molar-refractivity contribution in [3.8, 4) is 5.75 Å². The zero-order valence-corrected chi connectivity index (χ0v) is 7.33. The Hall–Kier alpha value is -1.72. The summed E-state index contributed by atoms with van der Waals surface area (Å²) in [5, 5.41) is 0. The molecular formula is C8H8F2N2O2. The van der Waals surface area contributed by atoms with Crippen LogP contribution in [0.3, 0.4) is 0 Å². The quantitative estimate of drug-likeness (QED) is 0.798. The fraction of sp³-hybridized carbons (Fsp3) is 0.250. The molecule has 0 aromatic carbocycles. The molecule has 1 aromatic rings. The summed E-state index contributed by atoms with van der Waals surface area (Å²) in [6.45, 7) is 0. The molecule has 0 aliphatic rings. The third-order valence-electron chi connectivity index (χ3n) is 1.61. The van der Waals surface area contributed by atoms with Gasteiger partial charge in [-0.05, 0) is 6.07 Å². The number of rotatable bonds is 3. The van der Waals surface area contributed by atoms with Gasteiger partial charge in [0.1, 0.15) is 0 Å². The summed E-state index contributed by atoms with van der Waals surface area (Å²) < 4.78 is 29.5. The third-order valence-corrected chi connectivity index (χ3v) is 1.61. The third kappa shape index (κ3) is 1.78. The van der Waals surface area contributed by atoms with Gasteiger partial charge in [-0.3, -0.25) is 4.79 Å². The van der Waals surface area contributed by atoms with E-state index in [0.29, 0.717) is 0 Å². The van der Waals surface area contributed by atoms with Crippen molar-refractivity contribution < 1.29 is 18.3 Å². The lowest BCUT2D eigenvalue weighted by atomic mass is 10.2. The number of hydrogen-bond donors (Lipinski definition) is 1. The van der Waals surface area contributed by atoms with E-state index in [0.717, 1.165) is 12.3 Å². The number of halogens is 2. The van der Waals surface area contributed by atoms with Crippen LogP contribution in [0.1, 0.15) is 22.5 Å². The standard InChI is InChI=1S/C8H8F2N2O2/c1-14-6-4(7(9)10)2-3-12-5(6)8(11)13/h2-3,7H,1H3,(H2,11,13). The number of methoxy groups -OCH3 is 1. The predicted molar refractivity (Wildman–Crippen MR) is 44.3 cm³/mol. The van der Waals surface area contributed by atoms with Crippen LogP contribution >= 0.6 is 0 Å². The maximum Gasteiger partial charge on any atom is 0.271 e. The van der Waals surface area contributed by atoms with Crippen LogP contribution < -0.4 is 10.5 Å². The number of pyridine rings is 1. The normalized spacial score (nSPS) is 10.3. The molecule has 76 valence electrons. The molecule has 0 aliphatic carbocycles. The topological polar surface area (TPSA) is 65.2 Å². The highest BCUT2D eigenvalue weighted by molar-refractivity contribution is 5.93. The smallest absolute Gasteiger partial charge is 0.271 e. The van der Waals surface area contributed by atoms with E-state index in [2.05, 4.69) is 9.72 Å². The number of primary amides is 1. The van der Waals surface area contributed by atoms with Crippen LogP contribution in [-0.2, 0) is 0 Å². The summed E-state index contributed by atoms with van der Waals surface area (Å²) in [6.07, 6.45) is -1.64. The van der Waals surface area contributed by atoms with Crippen LogP contribution in [0.25, 0.3) is 0 Å². The van der Waals surface area contributed by atoms with Crippen LogP contribution in [-0.4, -0.2) is 18.0 Å². The first-order valence-corrected chi connectivity index (χ1v) is 3.68. The monoisotopic (exact) mass is 202 g/mol. The van der Waals surface area contributed by atoms with Gasteiger partial charge in [0.05, 0.1) is 12.7 Å². The Labute approximate surface area is 78.7 Å². The first kappa shape index (κ1) is 10.4. The Morgan fingerprint density at radius 3 is 2.71 bits per heavy atom.